The zero-order valence-corrected chi connectivity index (χ0v) is 47.9. The van der Waals surface area contributed by atoms with Crippen molar-refractivity contribution in [1.29, 1.82) is 0 Å². The number of aliphatic hydroxyl groups is 30. The van der Waals surface area contributed by atoms with Gasteiger partial charge in [-0.25, -0.2) is 0 Å². The molecular formula is C48H116O34. The predicted octanol–water partition coefficient (Wildman–Crippen LogP) is -11.0. The summed E-state index contributed by atoms with van der Waals surface area (Å²) >= 11 is 0. The Kier molecular flexibility index (Phi) is 136. The van der Waals surface area contributed by atoms with E-state index >= 15 is 0 Å². The van der Waals surface area contributed by atoms with Crippen LogP contribution >= 0.6 is 0 Å². The smallest absolute Gasteiger partial charge is 0.303 e. The lowest BCUT2D eigenvalue weighted by atomic mass is 10.1. The minimum atomic E-state index is -0.954. The molecule has 0 unspecified atom stereocenters. The molecule has 512 valence electrons. The van der Waals surface area contributed by atoms with Crippen LogP contribution in [0.2, 0.25) is 0 Å². The summed E-state index contributed by atoms with van der Waals surface area (Å²) < 4.78 is 0. The fourth-order valence-corrected chi connectivity index (χ4v) is 2.69. The largest absolute Gasteiger partial charge is 0.481 e. The monoisotopic (exact) mass is 1240 g/mol. The van der Waals surface area contributed by atoms with Gasteiger partial charge in [-0.05, 0) is 12.8 Å². The molecule has 0 spiro atoms. The highest BCUT2D eigenvalue weighted by Gasteiger charge is 2.00. The number of unbranched alkanes of at least 4 members (excludes halogenated alkanes) is 10. The van der Waals surface area contributed by atoms with Crippen LogP contribution in [0.25, 0.3) is 0 Å². The minimum Gasteiger partial charge on any atom is -0.481 e. The molecule has 0 rings (SSSR count). The quantitative estimate of drug-likeness (QED) is 0.0266. The summed E-state index contributed by atoms with van der Waals surface area (Å²) in [6.45, 7) is -2.94. The summed E-state index contributed by atoms with van der Waals surface area (Å²) in [7, 11) is 0. The third kappa shape index (κ3) is 159. The molecule has 0 aromatic rings. The van der Waals surface area contributed by atoms with E-state index in [4.69, 9.17) is 163 Å². The first-order chi connectivity index (χ1) is 38.6. The second-order valence-corrected chi connectivity index (χ2v) is 16.0. The number of carboxylic acids is 2. The van der Waals surface area contributed by atoms with E-state index in [0.717, 1.165) is 25.7 Å². The number of hydrogen-bond donors (Lipinski definition) is 32. The number of rotatable bonds is 34. The van der Waals surface area contributed by atoms with E-state index in [1.54, 1.807) is 0 Å². The molecular weight excluding hydrogens is 1120 g/mol. The van der Waals surface area contributed by atoms with Crippen molar-refractivity contribution in [3.05, 3.63) is 0 Å². The molecule has 0 heterocycles. The van der Waals surface area contributed by atoms with E-state index < -0.39 is 73.0 Å². The SMILES string of the molecule is CCCCCCCC(=O)O.CCCCCCCCCC(=O)O.OCC(O)CO.OCC(O)CO.OCC(O)CO.OCC(O)CO.OCC(O)CO.OCC(O)CO.OCC(O)CO.OCC(O)CO.OCC(O)CO.OCC(O)CO. The maximum Gasteiger partial charge on any atom is 0.303 e. The molecule has 0 aliphatic heterocycles. The van der Waals surface area contributed by atoms with Gasteiger partial charge in [0.25, 0.3) is 0 Å². The molecule has 0 radical (unpaired) electrons. The van der Waals surface area contributed by atoms with Crippen LogP contribution in [0.4, 0.5) is 0 Å². The molecule has 0 aliphatic rings. The lowest BCUT2D eigenvalue weighted by Gasteiger charge is -1.98. The summed E-state index contributed by atoms with van der Waals surface area (Å²) in [5.41, 5.74) is 0. The molecule has 0 aromatic carbocycles. The van der Waals surface area contributed by atoms with Crippen molar-refractivity contribution in [3.8, 4) is 0 Å². The van der Waals surface area contributed by atoms with Gasteiger partial charge in [0, 0.05) is 12.8 Å². The van der Waals surface area contributed by atoms with Gasteiger partial charge >= 0.3 is 11.9 Å². The van der Waals surface area contributed by atoms with Crippen molar-refractivity contribution in [2.45, 2.75) is 165 Å². The van der Waals surface area contributed by atoms with Crippen molar-refractivity contribution in [1.82, 2.24) is 0 Å². The number of aliphatic hydroxyl groups excluding tert-OH is 30. The summed E-state index contributed by atoms with van der Waals surface area (Å²) in [5.74, 6) is -1.33. The Labute approximate surface area is 481 Å². The van der Waals surface area contributed by atoms with E-state index in [1.807, 2.05) is 0 Å². The Balaban J connectivity index is -0.0000000658. The highest BCUT2D eigenvalue weighted by molar-refractivity contribution is 5.66. The maximum absolute atomic E-state index is 10.1. The fraction of sp³-hybridized carbons (Fsp3) is 0.958. The van der Waals surface area contributed by atoms with Crippen molar-refractivity contribution in [2.24, 2.45) is 0 Å². The Bertz CT molecular complexity index is 816. The van der Waals surface area contributed by atoms with Crippen LogP contribution in [0, 0.1) is 0 Å². The number of hydrogen-bond acceptors (Lipinski definition) is 32. The molecule has 0 amide bonds. The second-order valence-electron chi connectivity index (χ2n) is 16.0. The van der Waals surface area contributed by atoms with Crippen molar-refractivity contribution in [2.75, 3.05) is 132 Å². The number of aliphatic carboxylic acids is 2. The van der Waals surface area contributed by atoms with E-state index in [2.05, 4.69) is 13.8 Å². The Morgan fingerprint density at radius 1 is 0.207 bits per heavy atom. The summed E-state index contributed by atoms with van der Waals surface area (Å²) in [6, 6.07) is 0. The third-order valence-corrected chi connectivity index (χ3v) is 7.70. The normalized spacial score (nSPS) is 9.98. The number of carbonyl (C=O) groups is 2. The summed E-state index contributed by atoms with van der Waals surface area (Å²) in [5, 5.41) is 257. The average Bonchev–Trinajstić information content (AvgIpc) is 3.51. The van der Waals surface area contributed by atoms with Gasteiger partial charge in [-0.2, -0.15) is 0 Å². The molecule has 0 aromatic heterocycles. The maximum atomic E-state index is 10.1. The van der Waals surface area contributed by atoms with Crippen LogP contribution in [0.15, 0.2) is 0 Å². The van der Waals surface area contributed by atoms with Crippen LogP contribution < -0.4 is 0 Å². The first-order valence-electron chi connectivity index (χ1n) is 26.0. The fourth-order valence-electron chi connectivity index (χ4n) is 2.69. The molecule has 0 aliphatic carbocycles. The molecule has 0 saturated heterocycles. The van der Waals surface area contributed by atoms with Gasteiger partial charge in [0.1, 0.15) is 61.0 Å². The van der Waals surface area contributed by atoms with Crippen molar-refractivity contribution in [3.63, 3.8) is 0 Å². The van der Waals surface area contributed by atoms with E-state index in [-0.39, 0.29) is 132 Å². The van der Waals surface area contributed by atoms with Gasteiger partial charge in [-0.3, -0.25) is 9.59 Å². The summed E-state index contributed by atoms with van der Waals surface area (Å²) in [6.07, 6.45) is 4.99. The van der Waals surface area contributed by atoms with Gasteiger partial charge in [-0.15, -0.1) is 0 Å². The lowest BCUT2D eigenvalue weighted by Crippen LogP contribution is -2.15. The Morgan fingerprint density at radius 3 is 0.378 bits per heavy atom. The van der Waals surface area contributed by atoms with Crippen molar-refractivity contribution >= 4 is 11.9 Å². The highest BCUT2D eigenvalue weighted by atomic mass is 16.4. The zero-order chi connectivity index (χ0) is 67.0. The Morgan fingerprint density at radius 2 is 0.305 bits per heavy atom. The zero-order valence-electron chi connectivity index (χ0n) is 47.9. The van der Waals surface area contributed by atoms with Crippen LogP contribution in [-0.2, 0) is 9.59 Å². The van der Waals surface area contributed by atoms with E-state index in [9.17, 15) is 9.59 Å². The predicted molar refractivity (Wildman–Crippen MR) is 293 cm³/mol. The average molecular weight is 1240 g/mol. The van der Waals surface area contributed by atoms with E-state index in [1.165, 1.54) is 51.4 Å². The summed E-state index contributed by atoms with van der Waals surface area (Å²) in [4.78, 5) is 20.2. The second kappa shape index (κ2) is 104. The molecule has 0 fully saturated rings. The molecule has 0 atom stereocenters. The first-order valence-corrected chi connectivity index (χ1v) is 26.0. The molecule has 34 heteroatoms. The van der Waals surface area contributed by atoms with Crippen LogP contribution in [0.5, 0.6) is 0 Å². The standard InChI is InChI=1S/C10H20O2.C8H16O2.10C3H8O3/c1-2-3-4-5-6-7-8-9-10(11)12;1-2-3-4-5-6-7-8(9)10;10*4-1-3(6)2-5/h2-9H2,1H3,(H,11,12);2-7H2,1H3,(H,9,10);10*3-6H,1-2H2. The third-order valence-electron chi connectivity index (χ3n) is 7.70. The van der Waals surface area contributed by atoms with Crippen LogP contribution in [-0.4, -0.2) is 369 Å². The lowest BCUT2D eigenvalue weighted by molar-refractivity contribution is -0.138. The van der Waals surface area contributed by atoms with Gasteiger partial charge in [0.2, 0.25) is 0 Å². The topological polar surface area (TPSA) is 682 Å². The van der Waals surface area contributed by atoms with Crippen LogP contribution in [0.1, 0.15) is 104 Å². The van der Waals surface area contributed by atoms with Gasteiger partial charge in [0.15, 0.2) is 0 Å². The van der Waals surface area contributed by atoms with Gasteiger partial charge in [-0.1, -0.05) is 78.1 Å². The molecule has 34 nitrogen and oxygen atoms in total. The number of carboxylic acid groups (broad SMARTS) is 2. The molecule has 82 heavy (non-hydrogen) atoms. The minimum absolute atomic E-state index is 0.337. The Hall–Kier alpha value is -2.26. The van der Waals surface area contributed by atoms with Gasteiger partial charge < -0.3 is 163 Å². The van der Waals surface area contributed by atoms with Crippen molar-refractivity contribution < 1.29 is 173 Å². The molecule has 0 saturated carbocycles. The molecule has 32 N–H and O–H groups in total. The molecule has 0 bridgehead atoms. The van der Waals surface area contributed by atoms with Gasteiger partial charge in [0.05, 0.1) is 132 Å². The van der Waals surface area contributed by atoms with E-state index in [0.29, 0.717) is 12.8 Å². The first kappa shape index (κ1) is 108. The highest BCUT2D eigenvalue weighted by Crippen LogP contribution is 2.08. The van der Waals surface area contributed by atoms with Crippen LogP contribution in [0.3, 0.4) is 0 Å².